The van der Waals surface area contributed by atoms with Crippen LogP contribution in [0.25, 0.3) is 0 Å². The highest BCUT2D eigenvalue weighted by Gasteiger charge is 2.26. The van der Waals surface area contributed by atoms with Gasteiger partial charge in [-0.3, -0.25) is 0 Å². The van der Waals surface area contributed by atoms with Gasteiger partial charge in [-0.2, -0.15) is 0 Å². The number of rotatable bonds is 4. The third-order valence-electron chi connectivity index (χ3n) is 4.15. The summed E-state index contributed by atoms with van der Waals surface area (Å²) in [6, 6.07) is 7.10. The molecule has 1 aromatic rings. The number of ether oxygens (including phenoxy) is 1. The van der Waals surface area contributed by atoms with E-state index in [9.17, 15) is 0 Å². The highest BCUT2D eigenvalue weighted by molar-refractivity contribution is 6.31. The van der Waals surface area contributed by atoms with Crippen molar-refractivity contribution in [3.8, 4) is 0 Å². The quantitative estimate of drug-likeness (QED) is 0.918. The van der Waals surface area contributed by atoms with Gasteiger partial charge in [-0.15, -0.1) is 0 Å². The molecule has 1 saturated heterocycles. The van der Waals surface area contributed by atoms with Crippen molar-refractivity contribution in [1.82, 2.24) is 5.32 Å². The van der Waals surface area contributed by atoms with Crippen LogP contribution in [0, 0.1) is 0 Å². The van der Waals surface area contributed by atoms with E-state index >= 15 is 0 Å². The maximum atomic E-state index is 6.45. The fourth-order valence-corrected chi connectivity index (χ4v) is 3.04. The molecule has 3 nitrogen and oxygen atoms in total. The number of benzene rings is 1. The summed E-state index contributed by atoms with van der Waals surface area (Å²) in [6.45, 7) is 8.17. The lowest BCUT2D eigenvalue weighted by molar-refractivity contribution is 0.0299. The molecule has 0 spiro atoms. The number of anilines is 1. The fourth-order valence-electron chi connectivity index (χ4n) is 2.70. The van der Waals surface area contributed by atoms with E-state index in [2.05, 4.69) is 49.2 Å². The Balaban J connectivity index is 2.25. The molecule has 0 bridgehead atoms. The molecule has 0 amide bonds. The van der Waals surface area contributed by atoms with Crippen molar-refractivity contribution in [3.05, 3.63) is 28.8 Å². The summed E-state index contributed by atoms with van der Waals surface area (Å²) < 4.78 is 5.76. The van der Waals surface area contributed by atoms with E-state index < -0.39 is 0 Å². The summed E-state index contributed by atoms with van der Waals surface area (Å²) in [7, 11) is 1.95. The number of halogens is 1. The molecule has 0 radical (unpaired) electrons. The van der Waals surface area contributed by atoms with E-state index in [1.54, 1.807) is 0 Å². The molecule has 2 rings (SSSR count). The van der Waals surface area contributed by atoms with E-state index in [1.807, 2.05) is 7.05 Å². The van der Waals surface area contributed by atoms with E-state index in [4.69, 9.17) is 16.3 Å². The predicted molar refractivity (Wildman–Crippen MR) is 85.8 cm³/mol. The minimum atomic E-state index is 0.266. The van der Waals surface area contributed by atoms with Crippen molar-refractivity contribution >= 4 is 17.3 Å². The van der Waals surface area contributed by atoms with Crippen LogP contribution in [-0.2, 0) is 4.74 Å². The van der Waals surface area contributed by atoms with Crippen molar-refractivity contribution in [3.63, 3.8) is 0 Å². The Morgan fingerprint density at radius 1 is 1.50 bits per heavy atom. The first kappa shape index (κ1) is 15.6. The van der Waals surface area contributed by atoms with Crippen LogP contribution in [0.1, 0.15) is 38.8 Å². The number of hydrogen-bond acceptors (Lipinski definition) is 3. The monoisotopic (exact) mass is 296 g/mol. The first-order valence-corrected chi connectivity index (χ1v) is 7.79. The van der Waals surface area contributed by atoms with Gasteiger partial charge in [-0.05, 0) is 45.0 Å². The topological polar surface area (TPSA) is 24.5 Å². The summed E-state index contributed by atoms with van der Waals surface area (Å²) in [5.41, 5.74) is 2.34. The Kier molecular flexibility index (Phi) is 5.30. The van der Waals surface area contributed by atoms with Gasteiger partial charge < -0.3 is 15.0 Å². The Hall–Kier alpha value is -0.770. The molecule has 20 heavy (non-hydrogen) atoms. The van der Waals surface area contributed by atoms with E-state index in [-0.39, 0.29) is 12.1 Å². The average Bonchev–Trinajstić information content (AvgIpc) is 2.46. The first-order valence-electron chi connectivity index (χ1n) is 7.41. The predicted octanol–water partition coefficient (Wildman–Crippen LogP) is 3.62. The molecule has 1 fully saturated rings. The van der Waals surface area contributed by atoms with Crippen molar-refractivity contribution in [2.75, 3.05) is 25.1 Å². The van der Waals surface area contributed by atoms with Crippen LogP contribution in [0.5, 0.6) is 0 Å². The second-order valence-corrected chi connectivity index (χ2v) is 5.98. The lowest BCUT2D eigenvalue weighted by Crippen LogP contribution is -2.48. The Morgan fingerprint density at radius 3 is 2.85 bits per heavy atom. The van der Waals surface area contributed by atoms with Crippen LogP contribution in [0.3, 0.4) is 0 Å². The van der Waals surface area contributed by atoms with Crippen molar-refractivity contribution in [1.29, 1.82) is 0 Å². The molecule has 112 valence electrons. The zero-order valence-electron chi connectivity index (χ0n) is 12.8. The van der Waals surface area contributed by atoms with Crippen LogP contribution in [0.4, 0.5) is 5.69 Å². The molecular formula is C16H25ClN2O. The maximum Gasteiger partial charge on any atom is 0.0723 e. The third-order valence-corrected chi connectivity index (χ3v) is 4.48. The van der Waals surface area contributed by atoms with Crippen molar-refractivity contribution in [2.24, 2.45) is 0 Å². The maximum absolute atomic E-state index is 6.45. The Labute approximate surface area is 127 Å². The standard InChI is InChI=1S/C16H25ClN2O/c1-5-13-10-20-11(2)9-19(13)14-6-7-15(12(3)18-4)16(17)8-14/h6-8,11-13,18H,5,9-10H2,1-4H3. The molecule has 1 N–H and O–H groups in total. The van der Waals surface area contributed by atoms with Crippen LogP contribution in [-0.4, -0.2) is 32.3 Å². The van der Waals surface area contributed by atoms with Crippen molar-refractivity contribution < 1.29 is 4.74 Å². The summed E-state index contributed by atoms with van der Waals surface area (Å²) in [5, 5.41) is 4.06. The second-order valence-electron chi connectivity index (χ2n) is 5.57. The average molecular weight is 297 g/mol. The van der Waals surface area contributed by atoms with Gasteiger partial charge in [-0.25, -0.2) is 0 Å². The minimum Gasteiger partial charge on any atom is -0.375 e. The summed E-state index contributed by atoms with van der Waals surface area (Å²) in [5.74, 6) is 0. The first-order chi connectivity index (χ1) is 9.56. The van der Waals surface area contributed by atoms with Gasteiger partial charge in [0.05, 0.1) is 18.8 Å². The molecular weight excluding hydrogens is 272 g/mol. The molecule has 0 saturated carbocycles. The molecule has 1 heterocycles. The fraction of sp³-hybridized carbons (Fsp3) is 0.625. The smallest absolute Gasteiger partial charge is 0.0723 e. The number of nitrogens with one attached hydrogen (secondary N) is 1. The molecule has 1 aliphatic rings. The lowest BCUT2D eigenvalue weighted by atomic mass is 10.1. The number of nitrogens with zero attached hydrogens (tertiary/aromatic N) is 1. The number of hydrogen-bond donors (Lipinski definition) is 1. The molecule has 1 aliphatic heterocycles. The van der Waals surface area contributed by atoms with Gasteiger partial charge in [0.2, 0.25) is 0 Å². The molecule has 0 aromatic heterocycles. The molecule has 1 aromatic carbocycles. The van der Waals surface area contributed by atoms with Crippen LogP contribution >= 0.6 is 11.6 Å². The van der Waals surface area contributed by atoms with E-state index in [1.165, 1.54) is 5.69 Å². The largest absolute Gasteiger partial charge is 0.375 e. The van der Waals surface area contributed by atoms with Gasteiger partial charge >= 0.3 is 0 Å². The van der Waals surface area contributed by atoms with Gasteiger partial charge in [0.25, 0.3) is 0 Å². The zero-order valence-corrected chi connectivity index (χ0v) is 13.6. The Bertz CT molecular complexity index is 452. The van der Waals surface area contributed by atoms with E-state index in [0.29, 0.717) is 6.04 Å². The molecule has 3 atom stereocenters. The molecule has 4 heteroatoms. The van der Waals surface area contributed by atoms with E-state index in [0.717, 1.165) is 30.2 Å². The molecule has 0 aliphatic carbocycles. The van der Waals surface area contributed by atoms with Gasteiger partial charge in [-0.1, -0.05) is 24.6 Å². The van der Waals surface area contributed by atoms with Gasteiger partial charge in [0.1, 0.15) is 0 Å². The highest BCUT2D eigenvalue weighted by atomic mass is 35.5. The SMILES string of the molecule is CCC1COC(C)CN1c1ccc(C(C)NC)c(Cl)c1. The minimum absolute atomic E-state index is 0.266. The summed E-state index contributed by atoms with van der Waals surface area (Å²) >= 11 is 6.45. The van der Waals surface area contributed by atoms with Crippen LogP contribution < -0.4 is 10.2 Å². The second kappa shape index (κ2) is 6.79. The third kappa shape index (κ3) is 3.27. The van der Waals surface area contributed by atoms with Gasteiger partial charge in [0, 0.05) is 23.3 Å². The van der Waals surface area contributed by atoms with Gasteiger partial charge in [0.15, 0.2) is 0 Å². The zero-order chi connectivity index (χ0) is 14.7. The highest BCUT2D eigenvalue weighted by Crippen LogP contribution is 2.30. The normalized spacial score (nSPS) is 24.8. The summed E-state index contributed by atoms with van der Waals surface area (Å²) in [6.07, 6.45) is 1.35. The summed E-state index contributed by atoms with van der Waals surface area (Å²) in [4.78, 5) is 2.42. The lowest BCUT2D eigenvalue weighted by Gasteiger charge is -2.40. The Morgan fingerprint density at radius 2 is 2.25 bits per heavy atom. The number of morpholine rings is 1. The van der Waals surface area contributed by atoms with Crippen LogP contribution in [0.2, 0.25) is 5.02 Å². The van der Waals surface area contributed by atoms with Crippen molar-refractivity contribution in [2.45, 2.75) is 45.4 Å². The van der Waals surface area contributed by atoms with Crippen LogP contribution in [0.15, 0.2) is 18.2 Å². The molecule has 3 unspecified atom stereocenters.